The van der Waals surface area contributed by atoms with Gasteiger partial charge in [-0.1, -0.05) is 90.5 Å². The first-order valence-corrected chi connectivity index (χ1v) is 33.3. The third-order valence-corrected chi connectivity index (χ3v) is 16.2. The minimum absolute atomic E-state index is 0.0206. The summed E-state index contributed by atoms with van der Waals surface area (Å²) in [6.45, 7) is 9.34. The lowest BCUT2D eigenvalue weighted by Gasteiger charge is -2.08. The molecule has 0 saturated carbocycles. The number of hydrogen-bond donors (Lipinski definition) is 5. The minimum atomic E-state index is -1.86. The van der Waals surface area contributed by atoms with Crippen LogP contribution in [0.4, 0.5) is 20.2 Å². The molecular weight excluding hydrogens is 1350 g/mol. The summed E-state index contributed by atoms with van der Waals surface area (Å²) in [5.41, 5.74) is 14.4. The van der Waals surface area contributed by atoms with Crippen molar-refractivity contribution in [3.8, 4) is 62.4 Å². The second-order valence-corrected chi connectivity index (χ2v) is 24.3. The van der Waals surface area contributed by atoms with Gasteiger partial charge in [0.15, 0.2) is 0 Å². The Morgan fingerprint density at radius 1 is 0.377 bits per heavy atom. The number of rotatable bonds is 17. The van der Waals surface area contributed by atoms with Crippen LogP contribution in [0.2, 0.25) is 5.02 Å². The molecule has 5 N–H and O–H groups in total. The molecule has 106 heavy (non-hydrogen) atoms. The normalized spacial score (nSPS) is 12.7. The maximum absolute atomic E-state index is 13.8. The van der Waals surface area contributed by atoms with Crippen LogP contribution in [0.3, 0.4) is 0 Å². The summed E-state index contributed by atoms with van der Waals surface area (Å²) in [5.74, 6) is -1.08. The van der Waals surface area contributed by atoms with Gasteiger partial charge in [0, 0.05) is 187 Å². The molecule has 0 bridgehead atoms. The second kappa shape index (κ2) is 35.5. The average molecular weight is 1440 g/mol. The number of halogens is 3. The highest BCUT2D eigenvalue weighted by molar-refractivity contribution is 6.30. The fourth-order valence-electron chi connectivity index (χ4n) is 10.8. The average Bonchev–Trinajstić information content (AvgIpc) is 1.20. The van der Waals surface area contributed by atoms with Crippen LogP contribution in [0.1, 0.15) is 103 Å². The van der Waals surface area contributed by atoms with Crippen LogP contribution < -0.4 is 0 Å². The highest BCUT2D eigenvalue weighted by atomic mass is 35.5. The lowest BCUT2D eigenvalue weighted by atomic mass is 10.0. The molecule has 5 aromatic carbocycles. The summed E-state index contributed by atoms with van der Waals surface area (Å²) in [5, 5.41) is 31.6. The van der Waals surface area contributed by atoms with Gasteiger partial charge in [0.05, 0.1) is 56.0 Å². The van der Waals surface area contributed by atoms with Crippen LogP contribution >= 0.6 is 11.6 Å². The van der Waals surface area contributed by atoms with Crippen molar-refractivity contribution in [3.05, 3.63) is 395 Å². The molecule has 0 aliphatic heterocycles. The Balaban J connectivity index is 0.000000143. The molecule has 0 unspecified atom stereocenters. The third-order valence-electron chi connectivity index (χ3n) is 16.0. The maximum atomic E-state index is 13.8. The number of H-pyrrole nitrogens is 5. The molecule has 10 aromatic heterocycles. The number of aromatic amines is 5. The van der Waals surface area contributed by atoms with E-state index in [9.17, 15) is 29.0 Å². The van der Waals surface area contributed by atoms with E-state index in [1.54, 1.807) is 172 Å². The number of benzene rings is 5. The minimum Gasteiger partial charge on any atom is -0.367 e. The second-order valence-electron chi connectivity index (χ2n) is 23.9. The topological polar surface area (TPSA) is 253 Å². The number of pyridine rings is 5. The largest absolute Gasteiger partial charge is 0.367 e. The highest BCUT2D eigenvalue weighted by Gasteiger charge is 2.17. The van der Waals surface area contributed by atoms with Gasteiger partial charge in [-0.15, -0.1) is 0 Å². The molecule has 20 heteroatoms. The SMILES string of the molecule is [2H]C([2H])(c1cc[nH]c1)c1ccc(C)c(-c2cc(F)cc([N+](=O)[O-])c2)n1.[2H]C([2H])(c1cc[nH]c1)c1ccc(C)c(-c2cccc(C#N)c2)n1.[2H]C([2H])(c1cc[nH]c1)c1ccc(C)c(-c2cccc(Cl)c2)n1.[2H]C([2H])(c1cc[nH]c1)c1ccc(C)c(-c2cccc(F)c2)n1.[2H]C([2H])(c1cc[nH]c1)c1ccc(C)c(-c2cccc([N+](=O)[O-])c2)n1. The van der Waals surface area contributed by atoms with Gasteiger partial charge in [0.25, 0.3) is 11.4 Å². The van der Waals surface area contributed by atoms with Crippen LogP contribution in [0, 0.1) is 77.8 Å². The molecule has 528 valence electrons. The standard InChI is InChI=1S/C18H15N3.C17H15ClN2.C17H14FN3O2.C17H15FN2.C17H15N3O2/c1-13-5-6-17(10-15-7-8-20-12-15)21-18(13)16-4-2-3-14(9-16)11-19;1-12-5-6-16(9-13-7-8-19-11-13)20-17(12)14-3-2-4-15(18)10-14;1-11-2-3-15(6-12-4-5-19-10-12)20-17(11)13-7-14(18)9-16(8-13)21(22)23;1-12-5-6-16(9-13-7-8-19-11-13)20-17(12)14-3-2-4-15(18)10-14;1-12-5-6-15(9-13-7-8-18-11-13)19-17(12)14-3-2-4-16(10-14)20(21)22/h2-9,12,20H,10H2,1H3;2-8,10-11,19H,9H2,1H3;2-5,7-10,19H,6H2,1H3;2-8,10-11,19H,9H2,1H3;2-8,10-11,18H,9H2,1H3/i10D2;9D2;6D2;2*9D2. The Labute approximate surface area is 631 Å². The van der Waals surface area contributed by atoms with E-state index in [1.807, 2.05) is 82.3 Å². The van der Waals surface area contributed by atoms with Crippen LogP contribution in [-0.2, 0) is 31.9 Å². The number of aryl methyl sites for hydroxylation is 5. The summed E-state index contributed by atoms with van der Waals surface area (Å²) >= 11 is 6.05. The van der Waals surface area contributed by atoms with Gasteiger partial charge in [-0.05, 0) is 193 Å². The molecule has 0 fully saturated rings. The van der Waals surface area contributed by atoms with Crippen molar-refractivity contribution in [1.82, 2.24) is 49.8 Å². The third kappa shape index (κ3) is 20.5. The zero-order valence-electron chi connectivity index (χ0n) is 67.7. The zero-order valence-corrected chi connectivity index (χ0v) is 58.5. The fourth-order valence-corrected chi connectivity index (χ4v) is 11.0. The first kappa shape index (κ1) is 61.4. The van der Waals surface area contributed by atoms with Gasteiger partial charge in [-0.3, -0.25) is 45.1 Å². The maximum Gasteiger partial charge on any atom is 0.273 e. The van der Waals surface area contributed by atoms with Crippen LogP contribution in [0.5, 0.6) is 0 Å². The molecule has 0 spiro atoms. The van der Waals surface area contributed by atoms with Crippen molar-refractivity contribution >= 4 is 23.0 Å². The zero-order chi connectivity index (χ0) is 83.4. The molecule has 0 atom stereocenters. The lowest BCUT2D eigenvalue weighted by molar-refractivity contribution is -0.385. The molecule has 0 saturated heterocycles. The van der Waals surface area contributed by atoms with Crippen molar-refractivity contribution < 1.29 is 32.3 Å². The fraction of sp³-hybridized carbons (Fsp3) is 0.116. The number of nitriles is 1. The molecule has 0 amide bonds. The smallest absolute Gasteiger partial charge is 0.273 e. The molecule has 17 nitrogen and oxygen atoms in total. The van der Waals surface area contributed by atoms with Gasteiger partial charge in [0.2, 0.25) is 0 Å². The van der Waals surface area contributed by atoms with Crippen molar-refractivity contribution in [1.29, 1.82) is 5.26 Å². The van der Waals surface area contributed by atoms with E-state index in [1.165, 1.54) is 36.5 Å². The van der Waals surface area contributed by atoms with Gasteiger partial charge in [-0.2, -0.15) is 5.26 Å². The van der Waals surface area contributed by atoms with Gasteiger partial charge in [-0.25, -0.2) is 8.78 Å². The van der Waals surface area contributed by atoms with E-state index in [0.29, 0.717) is 95.0 Å². The molecule has 15 rings (SSSR count). The molecule has 0 radical (unpaired) electrons. The van der Waals surface area contributed by atoms with E-state index in [-0.39, 0.29) is 34.1 Å². The van der Waals surface area contributed by atoms with Gasteiger partial charge >= 0.3 is 0 Å². The molecule has 10 heterocycles. The molecular formula is C86H74ClF2N13O4. The van der Waals surface area contributed by atoms with E-state index in [4.69, 9.17) is 30.6 Å². The quantitative estimate of drug-likeness (QED) is 0.0426. The first-order valence-electron chi connectivity index (χ1n) is 38.0. The number of nitro groups is 2. The van der Waals surface area contributed by atoms with Crippen LogP contribution in [-0.4, -0.2) is 59.7 Å². The number of nitrogens with zero attached hydrogens (tertiary/aromatic N) is 8. The van der Waals surface area contributed by atoms with Crippen molar-refractivity contribution in [2.45, 2.75) is 66.5 Å². The van der Waals surface area contributed by atoms with E-state index in [0.717, 1.165) is 51.2 Å². The molecule has 0 aliphatic rings. The number of nitro benzene ring substituents is 2. The molecule has 0 aliphatic carbocycles. The summed E-state index contributed by atoms with van der Waals surface area (Å²) in [6.07, 6.45) is 7.70. The first-order chi connectivity index (χ1) is 55.2. The van der Waals surface area contributed by atoms with Crippen LogP contribution in [0.15, 0.2) is 268 Å². The Bertz CT molecular complexity index is 5870. The summed E-state index contributed by atoms with van der Waals surface area (Å²) in [4.78, 5) is 57.4. The highest BCUT2D eigenvalue weighted by Crippen LogP contribution is 2.31. The number of aromatic nitrogens is 10. The Kier molecular flexibility index (Phi) is 20.6. The lowest BCUT2D eigenvalue weighted by Crippen LogP contribution is -1.97. The van der Waals surface area contributed by atoms with Gasteiger partial charge in [0.1, 0.15) is 11.6 Å². The molecule has 15 aromatic rings. The Morgan fingerprint density at radius 2 is 0.689 bits per heavy atom. The van der Waals surface area contributed by atoms with E-state index < -0.39 is 47.5 Å². The van der Waals surface area contributed by atoms with Crippen LogP contribution in [0.25, 0.3) is 56.3 Å². The number of non-ortho nitro benzene ring substituents is 2. The summed E-state index contributed by atoms with van der Waals surface area (Å²) < 4.78 is 111. The van der Waals surface area contributed by atoms with Crippen molar-refractivity contribution in [2.24, 2.45) is 0 Å². The van der Waals surface area contributed by atoms with E-state index in [2.05, 4.69) is 55.9 Å². The predicted molar refractivity (Wildman–Crippen MR) is 413 cm³/mol. The monoisotopic (exact) mass is 1440 g/mol. The van der Waals surface area contributed by atoms with E-state index >= 15 is 0 Å². The van der Waals surface area contributed by atoms with Gasteiger partial charge < -0.3 is 24.9 Å². The number of hydrogen-bond acceptors (Lipinski definition) is 10. The Hall–Kier alpha value is -13.3. The van der Waals surface area contributed by atoms with Crippen molar-refractivity contribution in [3.63, 3.8) is 0 Å². The van der Waals surface area contributed by atoms with Crippen molar-refractivity contribution in [2.75, 3.05) is 0 Å². The Morgan fingerprint density at radius 3 is 1.03 bits per heavy atom. The predicted octanol–water partition coefficient (Wildman–Crippen LogP) is 20.5. The number of nitrogens with one attached hydrogen (secondary N) is 5. The summed E-state index contributed by atoms with van der Waals surface area (Å²) in [6, 6.07) is 58.1. The summed E-state index contributed by atoms with van der Waals surface area (Å²) in [7, 11) is 0.